The van der Waals surface area contributed by atoms with Gasteiger partial charge in [0.1, 0.15) is 23.5 Å². The molecule has 4 aromatic rings. The molecule has 39 heavy (non-hydrogen) atoms. The maximum atomic E-state index is 15.7. The Hall–Kier alpha value is -3.99. The third-order valence-corrected chi connectivity index (χ3v) is 7.51. The van der Waals surface area contributed by atoms with Gasteiger partial charge in [0.15, 0.2) is 0 Å². The van der Waals surface area contributed by atoms with E-state index in [2.05, 4.69) is 6.07 Å². The summed E-state index contributed by atoms with van der Waals surface area (Å²) < 4.78 is 35.7. The molecule has 0 aliphatic heterocycles. The second kappa shape index (κ2) is 11.8. The largest absolute Gasteiger partial charge is 0.481 e. The third kappa shape index (κ3) is 6.03. The Morgan fingerprint density at radius 3 is 2.26 bits per heavy atom. The van der Waals surface area contributed by atoms with Gasteiger partial charge in [-0.1, -0.05) is 67.8 Å². The second-order valence-corrected chi connectivity index (χ2v) is 10.4. The van der Waals surface area contributed by atoms with Gasteiger partial charge in [0.25, 0.3) is 5.91 Å². The van der Waals surface area contributed by atoms with Gasteiger partial charge < -0.3 is 9.64 Å². The maximum absolute atomic E-state index is 15.7. The van der Waals surface area contributed by atoms with Crippen LogP contribution < -0.4 is 4.74 Å². The van der Waals surface area contributed by atoms with Crippen LogP contribution in [0.2, 0.25) is 0 Å². The minimum absolute atomic E-state index is 0.137. The zero-order chi connectivity index (χ0) is 27.4. The van der Waals surface area contributed by atoms with Crippen molar-refractivity contribution in [2.24, 2.45) is 0 Å². The molecule has 1 amide bonds. The molecule has 1 aliphatic carbocycles. The van der Waals surface area contributed by atoms with Crippen LogP contribution in [0.3, 0.4) is 0 Å². The number of hydrogen-bond donors (Lipinski definition) is 0. The Morgan fingerprint density at radius 2 is 1.54 bits per heavy atom. The van der Waals surface area contributed by atoms with Crippen molar-refractivity contribution >= 4 is 5.91 Å². The summed E-state index contributed by atoms with van der Waals surface area (Å²) in [5, 5.41) is 0. The molecule has 0 bridgehead atoms. The molecule has 1 aliphatic rings. The Balaban J connectivity index is 1.48. The van der Waals surface area contributed by atoms with Crippen LogP contribution in [-0.4, -0.2) is 24.9 Å². The molecule has 0 N–H and O–H groups in total. The lowest BCUT2D eigenvalue weighted by Gasteiger charge is -2.25. The molecule has 1 fully saturated rings. The molecule has 1 saturated carbocycles. The molecule has 0 spiro atoms. The predicted molar refractivity (Wildman–Crippen MR) is 151 cm³/mol. The van der Waals surface area contributed by atoms with Crippen molar-refractivity contribution in [2.75, 3.05) is 14.1 Å². The molecule has 1 atom stereocenters. The molecule has 3 nitrogen and oxygen atoms in total. The first-order chi connectivity index (χ1) is 18.9. The van der Waals surface area contributed by atoms with Gasteiger partial charge in [0.05, 0.1) is 0 Å². The van der Waals surface area contributed by atoms with E-state index < -0.39 is 6.10 Å². The first-order valence-corrected chi connectivity index (χ1v) is 13.5. The fourth-order valence-corrected chi connectivity index (χ4v) is 5.49. The minimum atomic E-state index is -0.666. The van der Waals surface area contributed by atoms with Crippen LogP contribution in [0.25, 0.3) is 11.1 Å². The molecule has 5 heteroatoms. The summed E-state index contributed by atoms with van der Waals surface area (Å²) in [6.45, 7) is 0. The van der Waals surface area contributed by atoms with Gasteiger partial charge in [0.2, 0.25) is 0 Å². The van der Waals surface area contributed by atoms with E-state index in [1.165, 1.54) is 47.9 Å². The molecule has 0 heterocycles. The molecule has 5 rings (SSSR count). The highest BCUT2D eigenvalue weighted by Crippen LogP contribution is 2.40. The van der Waals surface area contributed by atoms with Crippen LogP contribution in [0, 0.1) is 11.6 Å². The van der Waals surface area contributed by atoms with E-state index in [1.807, 2.05) is 24.3 Å². The lowest BCUT2D eigenvalue weighted by Crippen LogP contribution is -2.22. The molecular weight excluding hydrogens is 492 g/mol. The Bertz CT molecular complexity index is 1440. The Labute approximate surface area is 229 Å². The van der Waals surface area contributed by atoms with Crippen molar-refractivity contribution < 1.29 is 18.3 Å². The van der Waals surface area contributed by atoms with Crippen LogP contribution in [0.15, 0.2) is 91.0 Å². The topological polar surface area (TPSA) is 29.5 Å². The first kappa shape index (κ1) is 26.6. The van der Waals surface area contributed by atoms with Crippen LogP contribution in [0.1, 0.15) is 71.2 Å². The number of amides is 1. The van der Waals surface area contributed by atoms with Gasteiger partial charge in [-0.15, -0.1) is 0 Å². The highest BCUT2D eigenvalue weighted by atomic mass is 19.1. The monoisotopic (exact) mass is 525 g/mol. The summed E-state index contributed by atoms with van der Waals surface area (Å²) in [5.74, 6) is -0.0525. The van der Waals surface area contributed by atoms with E-state index in [1.54, 1.807) is 56.6 Å². The van der Waals surface area contributed by atoms with E-state index in [0.29, 0.717) is 33.9 Å². The van der Waals surface area contributed by atoms with Gasteiger partial charge in [-0.05, 0) is 77.4 Å². The maximum Gasteiger partial charge on any atom is 0.253 e. The highest BCUT2D eigenvalue weighted by molar-refractivity contribution is 5.94. The zero-order valence-corrected chi connectivity index (χ0v) is 22.4. The average Bonchev–Trinajstić information content (AvgIpc) is 2.96. The molecular formula is C34H33F2NO2. The van der Waals surface area contributed by atoms with E-state index in [4.69, 9.17) is 4.74 Å². The quantitative estimate of drug-likeness (QED) is 0.242. The van der Waals surface area contributed by atoms with Gasteiger partial charge >= 0.3 is 0 Å². The first-order valence-electron chi connectivity index (χ1n) is 13.5. The molecule has 0 radical (unpaired) electrons. The normalized spacial score (nSPS) is 14.6. The standard InChI is InChI=1S/C34H33F2NO2/c1-37(2)34(38)26-12-8-11-25(21-26)33(24-15-17-27(35)18-16-24)39-28-19-20-31(32(36)22-28)30-14-7-6-13-29(30)23-9-4-3-5-10-23/h6-8,11-23,33H,3-5,9-10H2,1-2H3. The number of benzene rings is 4. The van der Waals surface area contributed by atoms with E-state index >= 15 is 4.39 Å². The highest BCUT2D eigenvalue weighted by Gasteiger charge is 2.22. The van der Waals surface area contributed by atoms with Crippen molar-refractivity contribution in [3.63, 3.8) is 0 Å². The number of rotatable bonds is 7. The molecule has 4 aromatic carbocycles. The molecule has 200 valence electrons. The van der Waals surface area contributed by atoms with Crippen LogP contribution in [0.5, 0.6) is 5.75 Å². The predicted octanol–water partition coefficient (Wildman–Crippen LogP) is 8.55. The van der Waals surface area contributed by atoms with Gasteiger partial charge in [-0.2, -0.15) is 0 Å². The Kier molecular flexibility index (Phi) is 8.06. The SMILES string of the molecule is CN(C)C(=O)c1cccc(C(Oc2ccc(-c3ccccc3C3CCCCC3)c(F)c2)c2ccc(F)cc2)c1. The van der Waals surface area contributed by atoms with Crippen molar-refractivity contribution in [1.29, 1.82) is 0 Å². The van der Waals surface area contributed by atoms with Crippen LogP contribution in [-0.2, 0) is 0 Å². The van der Waals surface area contributed by atoms with Gasteiger partial charge in [0, 0.05) is 31.3 Å². The summed E-state index contributed by atoms with van der Waals surface area (Å²) >= 11 is 0. The second-order valence-electron chi connectivity index (χ2n) is 10.4. The number of hydrogen-bond acceptors (Lipinski definition) is 2. The van der Waals surface area contributed by atoms with E-state index in [9.17, 15) is 9.18 Å². The minimum Gasteiger partial charge on any atom is -0.481 e. The van der Waals surface area contributed by atoms with E-state index in [-0.39, 0.29) is 17.5 Å². The summed E-state index contributed by atoms with van der Waals surface area (Å²) in [6, 6.07) is 26.3. The molecule has 0 aromatic heterocycles. The third-order valence-electron chi connectivity index (χ3n) is 7.51. The van der Waals surface area contributed by atoms with Crippen LogP contribution >= 0.6 is 0 Å². The van der Waals surface area contributed by atoms with Crippen molar-refractivity contribution in [3.8, 4) is 16.9 Å². The summed E-state index contributed by atoms with van der Waals surface area (Å²) in [7, 11) is 3.39. The van der Waals surface area contributed by atoms with E-state index in [0.717, 1.165) is 18.4 Å². The zero-order valence-electron chi connectivity index (χ0n) is 22.4. The Morgan fingerprint density at radius 1 is 0.795 bits per heavy atom. The number of carbonyl (C=O) groups excluding carboxylic acids is 1. The number of carbonyl (C=O) groups is 1. The summed E-state index contributed by atoms with van der Waals surface area (Å²) in [4.78, 5) is 14.1. The van der Waals surface area contributed by atoms with Crippen LogP contribution in [0.4, 0.5) is 8.78 Å². The van der Waals surface area contributed by atoms with Crippen molar-refractivity contribution in [1.82, 2.24) is 4.90 Å². The smallest absolute Gasteiger partial charge is 0.253 e. The fourth-order valence-electron chi connectivity index (χ4n) is 5.49. The number of ether oxygens (including phenoxy) is 1. The van der Waals surface area contributed by atoms with Crippen molar-refractivity contribution in [3.05, 3.63) is 125 Å². The molecule has 1 unspecified atom stereocenters. The number of halogens is 2. The fraction of sp³-hybridized carbons (Fsp3) is 0.265. The van der Waals surface area contributed by atoms with Crippen molar-refractivity contribution in [2.45, 2.75) is 44.1 Å². The average molecular weight is 526 g/mol. The lowest BCUT2D eigenvalue weighted by molar-refractivity contribution is 0.0827. The molecule has 0 saturated heterocycles. The summed E-state index contributed by atoms with van der Waals surface area (Å²) in [6.07, 6.45) is 5.28. The van der Waals surface area contributed by atoms with Gasteiger partial charge in [-0.25, -0.2) is 8.78 Å². The van der Waals surface area contributed by atoms with Gasteiger partial charge in [-0.3, -0.25) is 4.79 Å². The lowest BCUT2D eigenvalue weighted by atomic mass is 9.81. The summed E-state index contributed by atoms with van der Waals surface area (Å²) in [5.41, 5.74) is 4.60. The number of nitrogens with zero attached hydrogens (tertiary/aromatic N) is 1.